The lowest BCUT2D eigenvalue weighted by Crippen LogP contribution is -1.95. The number of rotatable bonds is 4. The van der Waals surface area contributed by atoms with E-state index < -0.39 is 0 Å². The lowest BCUT2D eigenvalue weighted by molar-refractivity contribution is 0.796. The molecular formula is C12H17NS. The van der Waals surface area contributed by atoms with Gasteiger partial charge in [0, 0.05) is 13.0 Å². The highest BCUT2D eigenvalue weighted by Gasteiger charge is 1.99. The van der Waals surface area contributed by atoms with Gasteiger partial charge in [0.1, 0.15) is 0 Å². The predicted octanol–water partition coefficient (Wildman–Crippen LogP) is 2.79. The lowest BCUT2D eigenvalue weighted by Gasteiger charge is -1.95. The van der Waals surface area contributed by atoms with Crippen molar-refractivity contribution in [3.63, 3.8) is 0 Å². The Kier molecular flexibility index (Phi) is 5.36. The molecule has 0 saturated heterocycles. The first-order valence-corrected chi connectivity index (χ1v) is 6.01. The molecule has 1 heterocycles. The topological polar surface area (TPSA) is 26.0 Å². The third-order valence-electron chi connectivity index (χ3n) is 2.02. The van der Waals surface area contributed by atoms with Gasteiger partial charge in [0.25, 0.3) is 0 Å². The molecule has 1 rings (SSSR count). The second-order valence-electron chi connectivity index (χ2n) is 3.22. The summed E-state index contributed by atoms with van der Waals surface area (Å²) in [7, 11) is 0. The van der Waals surface area contributed by atoms with E-state index in [-0.39, 0.29) is 0 Å². The summed E-state index contributed by atoms with van der Waals surface area (Å²) in [5, 5.41) is 2.12. The lowest BCUT2D eigenvalue weighted by atomic mass is 10.1. The molecule has 1 nitrogen and oxygen atoms in total. The van der Waals surface area contributed by atoms with Crippen molar-refractivity contribution in [2.24, 2.45) is 5.73 Å². The maximum absolute atomic E-state index is 5.39. The first-order valence-electron chi connectivity index (χ1n) is 5.13. The van der Waals surface area contributed by atoms with Gasteiger partial charge < -0.3 is 5.73 Å². The molecule has 1 aromatic rings. The van der Waals surface area contributed by atoms with Gasteiger partial charge in [0.2, 0.25) is 0 Å². The van der Waals surface area contributed by atoms with E-state index in [1.807, 2.05) is 0 Å². The van der Waals surface area contributed by atoms with Gasteiger partial charge >= 0.3 is 0 Å². The van der Waals surface area contributed by atoms with Gasteiger partial charge in [0.15, 0.2) is 0 Å². The van der Waals surface area contributed by atoms with Crippen LogP contribution in [-0.4, -0.2) is 6.54 Å². The van der Waals surface area contributed by atoms with Crippen LogP contribution in [0.3, 0.4) is 0 Å². The van der Waals surface area contributed by atoms with Crippen molar-refractivity contribution in [1.82, 2.24) is 0 Å². The summed E-state index contributed by atoms with van der Waals surface area (Å²) in [5.41, 5.74) is 6.79. The second kappa shape index (κ2) is 6.64. The van der Waals surface area contributed by atoms with E-state index in [9.17, 15) is 0 Å². The summed E-state index contributed by atoms with van der Waals surface area (Å²) in [4.78, 5) is 1.23. The Bertz CT molecular complexity index is 317. The number of nitrogens with two attached hydrogens (primary N) is 1. The van der Waals surface area contributed by atoms with E-state index in [4.69, 9.17) is 5.73 Å². The first-order chi connectivity index (χ1) is 6.88. The van der Waals surface area contributed by atoms with Gasteiger partial charge in [0.05, 0.1) is 4.88 Å². The molecule has 0 spiro atoms. The highest BCUT2D eigenvalue weighted by molar-refractivity contribution is 7.10. The molecule has 0 radical (unpaired) electrons. The van der Waals surface area contributed by atoms with Crippen molar-refractivity contribution in [2.75, 3.05) is 6.54 Å². The molecule has 0 aliphatic heterocycles. The molecule has 0 bridgehead atoms. The third-order valence-corrected chi connectivity index (χ3v) is 2.89. The fourth-order valence-electron chi connectivity index (χ4n) is 1.22. The van der Waals surface area contributed by atoms with Crippen molar-refractivity contribution in [3.05, 3.63) is 21.9 Å². The second-order valence-corrected chi connectivity index (χ2v) is 4.14. The van der Waals surface area contributed by atoms with Crippen molar-refractivity contribution >= 4 is 11.3 Å². The molecule has 0 unspecified atom stereocenters. The van der Waals surface area contributed by atoms with Crippen LogP contribution in [0.5, 0.6) is 0 Å². The number of hydrogen-bond acceptors (Lipinski definition) is 2. The van der Waals surface area contributed by atoms with E-state index in [2.05, 4.69) is 30.2 Å². The Morgan fingerprint density at radius 3 is 3.07 bits per heavy atom. The zero-order valence-electron chi connectivity index (χ0n) is 8.68. The normalized spacial score (nSPS) is 9.57. The SMILES string of the molecule is CCCCc1ccsc1C#CCCN. The Labute approximate surface area is 90.3 Å². The highest BCUT2D eigenvalue weighted by Crippen LogP contribution is 2.17. The minimum atomic E-state index is 0.655. The van der Waals surface area contributed by atoms with Crippen LogP contribution in [0.25, 0.3) is 0 Å². The van der Waals surface area contributed by atoms with Crippen LogP contribution in [0.2, 0.25) is 0 Å². The quantitative estimate of drug-likeness (QED) is 0.755. The van der Waals surface area contributed by atoms with E-state index in [1.54, 1.807) is 11.3 Å². The molecule has 1 aromatic heterocycles. The van der Waals surface area contributed by atoms with Crippen molar-refractivity contribution in [2.45, 2.75) is 32.6 Å². The van der Waals surface area contributed by atoms with Crippen LogP contribution in [0.4, 0.5) is 0 Å². The van der Waals surface area contributed by atoms with Gasteiger partial charge in [-0.2, -0.15) is 0 Å². The number of thiophene rings is 1. The maximum Gasteiger partial charge on any atom is 0.0800 e. The van der Waals surface area contributed by atoms with Crippen LogP contribution < -0.4 is 5.73 Å². The Hall–Kier alpha value is -0.780. The molecule has 0 amide bonds. The molecule has 0 aliphatic carbocycles. The zero-order chi connectivity index (χ0) is 10.2. The molecule has 0 fully saturated rings. The van der Waals surface area contributed by atoms with Gasteiger partial charge in [-0.15, -0.1) is 11.3 Å². The van der Waals surface area contributed by atoms with Crippen LogP contribution >= 0.6 is 11.3 Å². The zero-order valence-corrected chi connectivity index (χ0v) is 9.49. The van der Waals surface area contributed by atoms with Gasteiger partial charge in [-0.25, -0.2) is 0 Å². The molecule has 2 heteroatoms. The summed E-state index contributed by atoms with van der Waals surface area (Å²) < 4.78 is 0. The Balaban J connectivity index is 2.59. The number of unbranched alkanes of at least 4 members (excludes halogenated alkanes) is 1. The summed E-state index contributed by atoms with van der Waals surface area (Å²) in [6.07, 6.45) is 4.45. The minimum Gasteiger partial charge on any atom is -0.330 e. The van der Waals surface area contributed by atoms with Gasteiger partial charge in [-0.3, -0.25) is 0 Å². The average Bonchev–Trinajstić information content (AvgIpc) is 2.63. The number of hydrogen-bond donors (Lipinski definition) is 1. The predicted molar refractivity (Wildman–Crippen MR) is 63.5 cm³/mol. The van der Waals surface area contributed by atoms with E-state index in [1.165, 1.54) is 23.3 Å². The molecule has 0 aromatic carbocycles. The summed E-state index contributed by atoms with van der Waals surface area (Å²) >= 11 is 1.74. The van der Waals surface area contributed by atoms with Gasteiger partial charge in [-0.1, -0.05) is 25.2 Å². The molecule has 76 valence electrons. The monoisotopic (exact) mass is 207 g/mol. The Morgan fingerprint density at radius 2 is 2.36 bits per heavy atom. The van der Waals surface area contributed by atoms with Gasteiger partial charge in [-0.05, 0) is 29.9 Å². The first kappa shape index (κ1) is 11.3. The minimum absolute atomic E-state index is 0.655. The van der Waals surface area contributed by atoms with Crippen LogP contribution in [-0.2, 0) is 6.42 Å². The largest absolute Gasteiger partial charge is 0.330 e. The van der Waals surface area contributed by atoms with Crippen molar-refractivity contribution in [3.8, 4) is 11.8 Å². The maximum atomic E-state index is 5.39. The summed E-state index contributed by atoms with van der Waals surface area (Å²) in [6.45, 7) is 2.87. The highest BCUT2D eigenvalue weighted by atomic mass is 32.1. The molecule has 2 N–H and O–H groups in total. The molecule has 14 heavy (non-hydrogen) atoms. The Morgan fingerprint density at radius 1 is 1.50 bits per heavy atom. The fraction of sp³-hybridized carbons (Fsp3) is 0.500. The van der Waals surface area contributed by atoms with Crippen molar-refractivity contribution < 1.29 is 0 Å². The number of aryl methyl sites for hydroxylation is 1. The average molecular weight is 207 g/mol. The van der Waals surface area contributed by atoms with E-state index >= 15 is 0 Å². The van der Waals surface area contributed by atoms with Crippen molar-refractivity contribution in [1.29, 1.82) is 0 Å². The standard InChI is InChI=1S/C12H17NS/c1-2-3-6-11-8-10-14-12(11)7-4-5-9-13/h8,10H,2-3,5-6,9,13H2,1H3. The molecular weight excluding hydrogens is 190 g/mol. The van der Waals surface area contributed by atoms with E-state index in [0.717, 1.165) is 12.8 Å². The molecule has 0 saturated carbocycles. The van der Waals surface area contributed by atoms with Crippen LogP contribution in [0.1, 0.15) is 36.6 Å². The summed E-state index contributed by atoms with van der Waals surface area (Å²) in [5.74, 6) is 6.28. The smallest absolute Gasteiger partial charge is 0.0800 e. The molecule has 0 aliphatic rings. The summed E-state index contributed by atoms with van der Waals surface area (Å²) in [6, 6.07) is 2.19. The third kappa shape index (κ3) is 3.53. The van der Waals surface area contributed by atoms with Crippen LogP contribution in [0, 0.1) is 11.8 Å². The molecule has 0 atom stereocenters. The van der Waals surface area contributed by atoms with E-state index in [0.29, 0.717) is 6.54 Å². The fourth-order valence-corrected chi connectivity index (χ4v) is 2.05. The van der Waals surface area contributed by atoms with Crippen LogP contribution in [0.15, 0.2) is 11.4 Å².